The minimum absolute atomic E-state index is 0.122. The Morgan fingerprint density at radius 3 is 2.86 bits per heavy atom. The molecule has 9 heteroatoms. The van der Waals surface area contributed by atoms with Crippen LogP contribution >= 0.6 is 11.3 Å². The summed E-state index contributed by atoms with van der Waals surface area (Å²) in [5.74, 6) is 0.471. The number of hydrogen-bond acceptors (Lipinski definition) is 8. The normalized spacial score (nSPS) is 15.1. The molecule has 8 nitrogen and oxygen atoms in total. The maximum Gasteiger partial charge on any atom is 0.230 e. The Balaban J connectivity index is 1.36. The van der Waals surface area contributed by atoms with Crippen molar-refractivity contribution in [1.29, 1.82) is 0 Å². The molecule has 0 aliphatic carbocycles. The van der Waals surface area contributed by atoms with Gasteiger partial charge in [-0.15, -0.1) is 16.4 Å². The molecule has 0 saturated heterocycles. The van der Waals surface area contributed by atoms with Gasteiger partial charge in [0.15, 0.2) is 10.9 Å². The van der Waals surface area contributed by atoms with E-state index < -0.39 is 6.10 Å². The fraction of sp³-hybridized carbons (Fsp3) is 0.368. The number of anilines is 2. The van der Waals surface area contributed by atoms with E-state index in [0.29, 0.717) is 29.7 Å². The molecule has 1 atom stereocenters. The highest BCUT2D eigenvalue weighted by atomic mass is 32.1. The molecule has 1 aliphatic heterocycles. The van der Waals surface area contributed by atoms with E-state index in [0.717, 1.165) is 24.2 Å². The smallest absolute Gasteiger partial charge is 0.230 e. The summed E-state index contributed by atoms with van der Waals surface area (Å²) >= 11 is 1.33. The summed E-state index contributed by atoms with van der Waals surface area (Å²) < 4.78 is 0. The van der Waals surface area contributed by atoms with Gasteiger partial charge >= 0.3 is 0 Å². The van der Waals surface area contributed by atoms with Crippen molar-refractivity contribution in [3.8, 4) is 0 Å². The number of carbonyl (C=O) groups is 1. The van der Waals surface area contributed by atoms with Crippen molar-refractivity contribution in [2.24, 2.45) is 0 Å². The Morgan fingerprint density at radius 2 is 2.21 bits per heavy atom. The van der Waals surface area contributed by atoms with Crippen LogP contribution in [0.2, 0.25) is 0 Å². The number of nitrogens with zero attached hydrogens (tertiary/aromatic N) is 2. The predicted molar refractivity (Wildman–Crippen MR) is 110 cm³/mol. The first kappa shape index (κ1) is 20.3. The van der Waals surface area contributed by atoms with Gasteiger partial charge in [0.25, 0.3) is 0 Å². The van der Waals surface area contributed by atoms with E-state index in [1.165, 1.54) is 11.3 Å². The zero-order valence-corrected chi connectivity index (χ0v) is 16.5. The van der Waals surface area contributed by atoms with Gasteiger partial charge in [0.05, 0.1) is 18.7 Å². The number of thiazole rings is 1. The van der Waals surface area contributed by atoms with Gasteiger partial charge in [-0.25, -0.2) is 4.98 Å². The molecule has 1 aliphatic rings. The molecule has 1 aromatic heterocycles. The van der Waals surface area contributed by atoms with Gasteiger partial charge in [0, 0.05) is 24.7 Å². The number of amides is 1. The van der Waals surface area contributed by atoms with Crippen LogP contribution in [0, 0.1) is 0 Å². The van der Waals surface area contributed by atoms with E-state index in [4.69, 9.17) is 10.6 Å². The number of aliphatic hydroxyl groups is 1. The highest BCUT2D eigenvalue weighted by Crippen LogP contribution is 2.14. The first-order valence-corrected chi connectivity index (χ1v) is 9.94. The van der Waals surface area contributed by atoms with Gasteiger partial charge < -0.3 is 26.3 Å². The maximum atomic E-state index is 12.0. The number of benzene rings is 1. The van der Waals surface area contributed by atoms with Crippen LogP contribution in [0.25, 0.3) is 0 Å². The van der Waals surface area contributed by atoms with Crippen molar-refractivity contribution >= 4 is 28.1 Å². The SMILES string of the molecule is CN1CC=C([C@H](O)CNCCc2ccc(NC(=O)Cc3csc(N)n3)cc2)O1. The average Bonchev–Trinajstić information content (AvgIpc) is 3.28. The monoisotopic (exact) mass is 403 g/mol. The van der Waals surface area contributed by atoms with E-state index in [1.807, 2.05) is 37.4 Å². The molecule has 1 aromatic carbocycles. The largest absolute Gasteiger partial charge is 0.408 e. The van der Waals surface area contributed by atoms with Crippen molar-refractivity contribution in [3.05, 3.63) is 52.7 Å². The second-order valence-electron chi connectivity index (χ2n) is 6.58. The van der Waals surface area contributed by atoms with Crippen molar-refractivity contribution in [2.75, 3.05) is 37.7 Å². The maximum absolute atomic E-state index is 12.0. The number of hydroxylamine groups is 2. The predicted octanol–water partition coefficient (Wildman–Crippen LogP) is 1.16. The summed E-state index contributed by atoms with van der Waals surface area (Å²) in [5.41, 5.74) is 8.14. The number of carbonyl (C=O) groups excluding carboxylic acids is 1. The van der Waals surface area contributed by atoms with Crippen molar-refractivity contribution < 1.29 is 14.7 Å². The third-order valence-corrected chi connectivity index (χ3v) is 4.94. The van der Waals surface area contributed by atoms with Crippen LogP contribution in [0.1, 0.15) is 11.3 Å². The second kappa shape index (κ2) is 9.65. The molecule has 0 radical (unpaired) electrons. The molecule has 1 amide bonds. The summed E-state index contributed by atoms with van der Waals surface area (Å²) in [4.78, 5) is 21.5. The molecule has 2 heterocycles. The van der Waals surface area contributed by atoms with E-state index in [-0.39, 0.29) is 12.3 Å². The van der Waals surface area contributed by atoms with Crippen LogP contribution in [0.4, 0.5) is 10.8 Å². The number of nitrogens with two attached hydrogens (primary N) is 1. The molecule has 0 saturated carbocycles. The van der Waals surface area contributed by atoms with Crippen LogP contribution in [0.15, 0.2) is 41.5 Å². The summed E-state index contributed by atoms with van der Waals surface area (Å²) in [5, 5.41) is 20.1. The van der Waals surface area contributed by atoms with Crippen LogP contribution in [-0.4, -0.2) is 53.8 Å². The van der Waals surface area contributed by atoms with Gasteiger partial charge in [-0.2, -0.15) is 0 Å². The minimum Gasteiger partial charge on any atom is -0.408 e. The first-order chi connectivity index (χ1) is 13.5. The lowest BCUT2D eigenvalue weighted by molar-refractivity contribution is -0.115. The zero-order chi connectivity index (χ0) is 19.9. The van der Waals surface area contributed by atoms with Crippen LogP contribution in [0.3, 0.4) is 0 Å². The van der Waals surface area contributed by atoms with Crippen LogP contribution in [-0.2, 0) is 22.5 Å². The molecular formula is C19H25N5O3S. The number of aliphatic hydroxyl groups excluding tert-OH is 1. The minimum atomic E-state index is -0.643. The van der Waals surface area contributed by atoms with Crippen LogP contribution in [0.5, 0.6) is 0 Å². The first-order valence-electron chi connectivity index (χ1n) is 9.06. The standard InChI is InChI=1S/C19H25N5O3S/c1-24-9-7-17(27-24)16(25)11-21-8-6-13-2-4-14(5-3-13)22-18(26)10-15-12-28-19(20)23-15/h2-5,7,12,16,21,25H,6,8-11H2,1H3,(H2,20,23)(H,22,26)/t16-/m1/s1. The summed E-state index contributed by atoms with van der Waals surface area (Å²) in [7, 11) is 1.82. The molecule has 0 fully saturated rings. The second-order valence-corrected chi connectivity index (χ2v) is 7.47. The number of likely N-dealkylation sites (N-methyl/N-ethyl adjacent to an activating group) is 1. The van der Waals surface area contributed by atoms with Crippen LogP contribution < -0.4 is 16.4 Å². The van der Waals surface area contributed by atoms with E-state index >= 15 is 0 Å². The molecule has 0 bridgehead atoms. The Morgan fingerprint density at radius 1 is 1.43 bits per heavy atom. The Kier molecular flexibility index (Phi) is 6.99. The fourth-order valence-electron chi connectivity index (χ4n) is 2.77. The molecule has 2 aromatic rings. The highest BCUT2D eigenvalue weighted by Gasteiger charge is 2.19. The summed E-state index contributed by atoms with van der Waals surface area (Å²) in [6.07, 6.45) is 2.26. The molecule has 5 N–H and O–H groups in total. The lowest BCUT2D eigenvalue weighted by Gasteiger charge is -2.15. The molecular weight excluding hydrogens is 378 g/mol. The number of nitrogens with one attached hydrogen (secondary N) is 2. The third kappa shape index (κ3) is 6.03. The number of aromatic nitrogens is 1. The summed E-state index contributed by atoms with van der Waals surface area (Å²) in [6, 6.07) is 7.72. The number of nitrogen functional groups attached to an aromatic ring is 1. The lowest BCUT2D eigenvalue weighted by Crippen LogP contribution is -2.30. The molecule has 0 unspecified atom stereocenters. The van der Waals surface area contributed by atoms with E-state index in [9.17, 15) is 9.90 Å². The molecule has 0 spiro atoms. The average molecular weight is 404 g/mol. The van der Waals surface area contributed by atoms with Gasteiger partial charge in [0.1, 0.15) is 6.10 Å². The molecule has 3 rings (SSSR count). The quantitative estimate of drug-likeness (QED) is 0.465. The number of hydrogen-bond donors (Lipinski definition) is 4. The number of rotatable bonds is 9. The zero-order valence-electron chi connectivity index (χ0n) is 15.7. The Hall–Kier alpha value is -2.46. The van der Waals surface area contributed by atoms with Gasteiger partial charge in [0.2, 0.25) is 5.91 Å². The molecule has 150 valence electrons. The van der Waals surface area contributed by atoms with E-state index in [1.54, 1.807) is 10.4 Å². The van der Waals surface area contributed by atoms with E-state index in [2.05, 4.69) is 15.6 Å². The Bertz CT molecular complexity index is 821. The summed E-state index contributed by atoms with van der Waals surface area (Å²) in [6.45, 7) is 1.86. The third-order valence-electron chi connectivity index (χ3n) is 4.22. The van der Waals surface area contributed by atoms with Crippen molar-refractivity contribution in [2.45, 2.75) is 18.9 Å². The van der Waals surface area contributed by atoms with Gasteiger partial charge in [-0.05, 0) is 36.7 Å². The topological polar surface area (TPSA) is 113 Å². The molecule has 28 heavy (non-hydrogen) atoms. The van der Waals surface area contributed by atoms with Crippen molar-refractivity contribution in [1.82, 2.24) is 15.4 Å². The van der Waals surface area contributed by atoms with Crippen molar-refractivity contribution in [3.63, 3.8) is 0 Å². The lowest BCUT2D eigenvalue weighted by atomic mass is 10.1. The fourth-order valence-corrected chi connectivity index (χ4v) is 3.33. The van der Waals surface area contributed by atoms with Gasteiger partial charge in [-0.3, -0.25) is 4.79 Å². The highest BCUT2D eigenvalue weighted by molar-refractivity contribution is 7.13. The Labute approximate surface area is 168 Å². The van der Waals surface area contributed by atoms with Gasteiger partial charge in [-0.1, -0.05) is 12.1 Å².